The molecule has 2 N–H and O–H groups in total. The predicted molar refractivity (Wildman–Crippen MR) is 90.4 cm³/mol. The molecule has 26 heavy (non-hydrogen) atoms. The van der Waals surface area contributed by atoms with Crippen molar-refractivity contribution in [1.29, 1.82) is 0 Å². The second kappa shape index (κ2) is 6.75. The highest BCUT2D eigenvalue weighted by Crippen LogP contribution is 2.46. The van der Waals surface area contributed by atoms with E-state index in [1.807, 2.05) is 0 Å². The van der Waals surface area contributed by atoms with Gasteiger partial charge in [0.25, 0.3) is 5.91 Å². The first-order valence-electron chi connectivity index (χ1n) is 8.94. The van der Waals surface area contributed by atoms with Crippen LogP contribution in [0.25, 0.3) is 0 Å². The molecule has 1 aliphatic heterocycles. The van der Waals surface area contributed by atoms with Crippen LogP contribution in [0.4, 0.5) is 8.78 Å². The second-order valence-electron chi connectivity index (χ2n) is 7.23. The monoisotopic (exact) mass is 361 g/mol. The standard InChI is InChI=1S/C18H21F2N5O/c19-14-6-13(7-15(20)8-14)18(3-4-18)22-17(26)16-11-25(24-23-16)10-12-2-1-5-21-9-12/h6-8,11-12,21H,1-5,9-10H2,(H,22,26)/t12-/m1/s1. The molecule has 0 radical (unpaired) electrons. The van der Waals surface area contributed by atoms with E-state index in [0.29, 0.717) is 30.9 Å². The Hall–Kier alpha value is -2.35. The van der Waals surface area contributed by atoms with Crippen LogP contribution in [0.5, 0.6) is 0 Å². The molecule has 2 fully saturated rings. The van der Waals surface area contributed by atoms with E-state index < -0.39 is 17.2 Å². The minimum Gasteiger partial charge on any atom is -0.341 e. The first-order valence-corrected chi connectivity index (χ1v) is 8.94. The van der Waals surface area contributed by atoms with Crippen molar-refractivity contribution in [3.8, 4) is 0 Å². The van der Waals surface area contributed by atoms with Gasteiger partial charge in [-0.25, -0.2) is 8.78 Å². The van der Waals surface area contributed by atoms with Crippen LogP contribution in [-0.4, -0.2) is 34.0 Å². The van der Waals surface area contributed by atoms with Crippen LogP contribution in [0.3, 0.4) is 0 Å². The summed E-state index contributed by atoms with van der Waals surface area (Å²) in [6, 6.07) is 3.36. The van der Waals surface area contributed by atoms with E-state index in [4.69, 9.17) is 0 Å². The van der Waals surface area contributed by atoms with Crippen LogP contribution < -0.4 is 10.6 Å². The maximum atomic E-state index is 13.5. The van der Waals surface area contributed by atoms with Crippen molar-refractivity contribution in [2.45, 2.75) is 37.8 Å². The van der Waals surface area contributed by atoms with Gasteiger partial charge in [-0.2, -0.15) is 0 Å². The van der Waals surface area contributed by atoms with Crippen LogP contribution in [0.2, 0.25) is 0 Å². The number of amides is 1. The molecule has 1 atom stereocenters. The lowest BCUT2D eigenvalue weighted by Crippen LogP contribution is -2.35. The molecular weight excluding hydrogens is 340 g/mol. The molecule has 2 aliphatic rings. The summed E-state index contributed by atoms with van der Waals surface area (Å²) in [5.41, 5.74) is -0.0437. The minimum atomic E-state index is -0.711. The van der Waals surface area contributed by atoms with E-state index in [0.717, 1.165) is 32.0 Å². The van der Waals surface area contributed by atoms with Crippen molar-refractivity contribution in [1.82, 2.24) is 25.6 Å². The van der Waals surface area contributed by atoms with Gasteiger partial charge in [0, 0.05) is 12.6 Å². The molecular formula is C18H21F2N5O. The number of carbonyl (C=O) groups excluding carboxylic acids is 1. The van der Waals surface area contributed by atoms with Gasteiger partial charge in [-0.05, 0) is 62.4 Å². The van der Waals surface area contributed by atoms with Crippen molar-refractivity contribution in [2.75, 3.05) is 13.1 Å². The van der Waals surface area contributed by atoms with E-state index in [1.165, 1.54) is 12.1 Å². The Labute approximate surface area is 150 Å². The van der Waals surface area contributed by atoms with E-state index in [-0.39, 0.29) is 11.6 Å². The third kappa shape index (κ3) is 3.60. The molecule has 2 aromatic rings. The van der Waals surface area contributed by atoms with Gasteiger partial charge >= 0.3 is 0 Å². The van der Waals surface area contributed by atoms with Crippen molar-refractivity contribution in [3.05, 3.63) is 47.3 Å². The molecule has 0 spiro atoms. The molecule has 1 aromatic carbocycles. The van der Waals surface area contributed by atoms with Gasteiger partial charge in [0.2, 0.25) is 0 Å². The van der Waals surface area contributed by atoms with Gasteiger partial charge in [-0.1, -0.05) is 5.21 Å². The molecule has 138 valence electrons. The summed E-state index contributed by atoms with van der Waals surface area (Å²) in [5, 5.41) is 14.2. The number of aromatic nitrogens is 3. The number of nitrogens with one attached hydrogen (secondary N) is 2. The second-order valence-corrected chi connectivity index (χ2v) is 7.23. The highest BCUT2D eigenvalue weighted by molar-refractivity contribution is 5.92. The molecule has 2 heterocycles. The van der Waals surface area contributed by atoms with Gasteiger partial charge in [0.05, 0.1) is 11.7 Å². The number of hydrogen-bond acceptors (Lipinski definition) is 4. The average Bonchev–Trinajstić information content (AvgIpc) is 3.24. The quantitative estimate of drug-likeness (QED) is 0.854. The minimum absolute atomic E-state index is 0.219. The lowest BCUT2D eigenvalue weighted by molar-refractivity contribution is 0.0925. The SMILES string of the molecule is O=C(NC1(c2cc(F)cc(F)c2)CC1)c1cn(C[C@@H]2CCCNC2)nn1. The summed E-state index contributed by atoms with van der Waals surface area (Å²) in [6.07, 6.45) is 5.18. The van der Waals surface area contributed by atoms with Gasteiger partial charge in [-0.15, -0.1) is 5.10 Å². The molecule has 1 saturated carbocycles. The van der Waals surface area contributed by atoms with Crippen molar-refractivity contribution in [2.24, 2.45) is 5.92 Å². The number of carbonyl (C=O) groups is 1. The van der Waals surface area contributed by atoms with Gasteiger partial charge in [0.1, 0.15) is 11.6 Å². The van der Waals surface area contributed by atoms with Gasteiger partial charge in [-0.3, -0.25) is 9.48 Å². The van der Waals surface area contributed by atoms with Crippen molar-refractivity contribution < 1.29 is 13.6 Å². The Morgan fingerprint density at radius 3 is 2.73 bits per heavy atom. The predicted octanol–water partition coefficient (Wildman–Crippen LogP) is 1.97. The largest absolute Gasteiger partial charge is 0.341 e. The fourth-order valence-corrected chi connectivity index (χ4v) is 3.56. The highest BCUT2D eigenvalue weighted by atomic mass is 19.1. The average molecular weight is 361 g/mol. The van der Waals surface area contributed by atoms with E-state index in [9.17, 15) is 13.6 Å². The smallest absolute Gasteiger partial charge is 0.274 e. The van der Waals surface area contributed by atoms with Crippen LogP contribution in [0.15, 0.2) is 24.4 Å². The van der Waals surface area contributed by atoms with E-state index >= 15 is 0 Å². The third-order valence-corrected chi connectivity index (χ3v) is 5.13. The molecule has 4 rings (SSSR count). The van der Waals surface area contributed by atoms with Crippen LogP contribution in [0, 0.1) is 17.6 Å². The first-order chi connectivity index (χ1) is 12.5. The van der Waals surface area contributed by atoms with Gasteiger partial charge in [0.15, 0.2) is 5.69 Å². The summed E-state index contributed by atoms with van der Waals surface area (Å²) in [6.45, 7) is 2.70. The molecule has 1 aromatic heterocycles. The van der Waals surface area contributed by atoms with Crippen molar-refractivity contribution >= 4 is 5.91 Å². The Morgan fingerprint density at radius 1 is 1.31 bits per heavy atom. The first kappa shape index (κ1) is 17.1. The highest BCUT2D eigenvalue weighted by Gasteiger charge is 2.46. The zero-order valence-electron chi connectivity index (χ0n) is 14.3. The number of benzene rings is 1. The molecule has 1 saturated heterocycles. The van der Waals surface area contributed by atoms with Crippen LogP contribution in [-0.2, 0) is 12.1 Å². The zero-order chi connectivity index (χ0) is 18.1. The number of rotatable bonds is 5. The topological polar surface area (TPSA) is 71.8 Å². The Bertz CT molecular complexity index is 791. The normalized spacial score (nSPS) is 21.4. The lowest BCUT2D eigenvalue weighted by atomic mass is 10.00. The molecule has 0 bridgehead atoms. The Kier molecular flexibility index (Phi) is 4.44. The maximum absolute atomic E-state index is 13.5. The van der Waals surface area contributed by atoms with Crippen LogP contribution >= 0.6 is 0 Å². The molecule has 1 amide bonds. The summed E-state index contributed by atoms with van der Waals surface area (Å²) in [4.78, 5) is 12.5. The van der Waals surface area contributed by atoms with Crippen LogP contribution in [0.1, 0.15) is 41.7 Å². The lowest BCUT2D eigenvalue weighted by Gasteiger charge is -2.22. The summed E-state index contributed by atoms with van der Waals surface area (Å²) >= 11 is 0. The number of nitrogens with zero attached hydrogens (tertiary/aromatic N) is 3. The fraction of sp³-hybridized carbons (Fsp3) is 0.500. The van der Waals surface area contributed by atoms with Crippen molar-refractivity contribution in [3.63, 3.8) is 0 Å². The molecule has 0 unspecified atom stereocenters. The maximum Gasteiger partial charge on any atom is 0.274 e. The number of halogens is 2. The summed E-state index contributed by atoms with van der Waals surface area (Å²) in [7, 11) is 0. The summed E-state index contributed by atoms with van der Waals surface area (Å²) < 4.78 is 28.7. The Morgan fingerprint density at radius 2 is 2.08 bits per heavy atom. The number of piperidine rings is 1. The zero-order valence-corrected chi connectivity index (χ0v) is 14.3. The molecule has 1 aliphatic carbocycles. The fourth-order valence-electron chi connectivity index (χ4n) is 3.56. The number of hydrogen-bond donors (Lipinski definition) is 2. The van der Waals surface area contributed by atoms with E-state index in [2.05, 4.69) is 20.9 Å². The van der Waals surface area contributed by atoms with Gasteiger partial charge < -0.3 is 10.6 Å². The Balaban J connectivity index is 1.43. The molecule has 6 nitrogen and oxygen atoms in total. The summed E-state index contributed by atoms with van der Waals surface area (Å²) in [5.74, 6) is -1.19. The molecule has 8 heteroatoms. The third-order valence-electron chi connectivity index (χ3n) is 5.13. The van der Waals surface area contributed by atoms with E-state index in [1.54, 1.807) is 10.9 Å².